The zero-order valence-electron chi connectivity index (χ0n) is 9.34. The van der Waals surface area contributed by atoms with Crippen LogP contribution in [-0.2, 0) is 4.79 Å². The lowest BCUT2D eigenvalue weighted by Crippen LogP contribution is -2.25. The Balaban J connectivity index is 3.20. The maximum absolute atomic E-state index is 11.3. The van der Waals surface area contributed by atoms with E-state index in [1.54, 1.807) is 21.6 Å². The summed E-state index contributed by atoms with van der Waals surface area (Å²) in [5.74, 6) is 1.90. The minimum Gasteiger partial charge on any atom is -0.355 e. The van der Waals surface area contributed by atoms with Crippen LogP contribution >= 0.6 is 21.6 Å². The van der Waals surface area contributed by atoms with Gasteiger partial charge in [-0.25, -0.2) is 0 Å². The van der Waals surface area contributed by atoms with Crippen LogP contribution in [0.5, 0.6) is 0 Å². The van der Waals surface area contributed by atoms with Gasteiger partial charge in [0.25, 0.3) is 0 Å². The Morgan fingerprint density at radius 2 is 2.14 bits per heavy atom. The molecule has 4 heteroatoms. The highest BCUT2D eigenvalue weighted by Gasteiger charge is 2.01. The van der Waals surface area contributed by atoms with Gasteiger partial charge in [0, 0.05) is 18.7 Å². The number of amides is 1. The fraction of sp³-hybridized carbons (Fsp3) is 0.900. The number of hydrogen-bond acceptors (Lipinski definition) is 3. The average molecular weight is 235 g/mol. The summed E-state index contributed by atoms with van der Waals surface area (Å²) in [5.41, 5.74) is 0. The quantitative estimate of drug-likeness (QED) is 0.518. The van der Waals surface area contributed by atoms with E-state index in [0.717, 1.165) is 25.1 Å². The molecule has 0 aliphatic carbocycles. The second-order valence-corrected chi connectivity index (χ2v) is 6.31. The van der Waals surface area contributed by atoms with Gasteiger partial charge in [0.15, 0.2) is 0 Å². The van der Waals surface area contributed by atoms with E-state index >= 15 is 0 Å². The van der Waals surface area contributed by atoms with Gasteiger partial charge in [0.05, 0.1) is 0 Å². The first-order valence-electron chi connectivity index (χ1n) is 5.09. The van der Waals surface area contributed by atoms with Crippen molar-refractivity contribution < 1.29 is 4.79 Å². The first kappa shape index (κ1) is 14.2. The van der Waals surface area contributed by atoms with E-state index in [-0.39, 0.29) is 5.91 Å². The summed E-state index contributed by atoms with van der Waals surface area (Å²) >= 11 is 0. The van der Waals surface area contributed by atoms with Gasteiger partial charge in [-0.2, -0.15) is 0 Å². The lowest BCUT2D eigenvalue weighted by Gasteiger charge is -2.05. The maximum atomic E-state index is 11.3. The summed E-state index contributed by atoms with van der Waals surface area (Å²) in [6, 6.07) is 0. The van der Waals surface area contributed by atoms with Crippen molar-refractivity contribution in [3.8, 4) is 0 Å². The molecule has 0 unspecified atom stereocenters. The Bertz CT molecular complexity index is 151. The van der Waals surface area contributed by atoms with Crippen molar-refractivity contribution in [2.45, 2.75) is 33.1 Å². The largest absolute Gasteiger partial charge is 0.355 e. The Morgan fingerprint density at radius 1 is 1.43 bits per heavy atom. The van der Waals surface area contributed by atoms with E-state index in [2.05, 4.69) is 25.4 Å². The molecule has 0 aromatic rings. The third-order valence-corrected chi connectivity index (χ3v) is 3.62. The first-order chi connectivity index (χ1) is 6.66. The van der Waals surface area contributed by atoms with Crippen LogP contribution in [0.2, 0.25) is 0 Å². The minimum absolute atomic E-state index is 0.201. The van der Waals surface area contributed by atoms with Crippen LogP contribution in [0.4, 0.5) is 0 Å². The molecule has 0 spiro atoms. The van der Waals surface area contributed by atoms with Crippen molar-refractivity contribution in [1.82, 2.24) is 5.32 Å². The van der Waals surface area contributed by atoms with E-state index in [9.17, 15) is 4.79 Å². The number of carbonyl (C=O) groups is 1. The smallest absolute Gasteiger partial charge is 0.220 e. The SMILES string of the molecule is CSSCCNC(=O)CCCC(C)C. The Kier molecular flexibility index (Phi) is 9.83. The van der Waals surface area contributed by atoms with Crippen molar-refractivity contribution >= 4 is 27.5 Å². The first-order valence-corrected chi connectivity index (χ1v) is 7.81. The minimum atomic E-state index is 0.201. The summed E-state index contributed by atoms with van der Waals surface area (Å²) in [4.78, 5) is 11.3. The molecule has 0 aliphatic rings. The van der Waals surface area contributed by atoms with Crippen LogP contribution < -0.4 is 5.32 Å². The monoisotopic (exact) mass is 235 g/mol. The topological polar surface area (TPSA) is 29.1 Å². The number of hydrogen-bond donors (Lipinski definition) is 1. The molecule has 1 N–H and O–H groups in total. The van der Waals surface area contributed by atoms with E-state index < -0.39 is 0 Å². The van der Waals surface area contributed by atoms with E-state index in [1.807, 2.05) is 0 Å². The predicted octanol–water partition coefficient (Wildman–Crippen LogP) is 2.94. The highest BCUT2D eigenvalue weighted by Crippen LogP contribution is 2.14. The van der Waals surface area contributed by atoms with E-state index in [0.29, 0.717) is 12.3 Å². The second-order valence-electron chi connectivity index (χ2n) is 3.62. The Labute approximate surface area is 95.4 Å². The fourth-order valence-electron chi connectivity index (χ4n) is 1.07. The lowest BCUT2D eigenvalue weighted by molar-refractivity contribution is -0.121. The number of carbonyl (C=O) groups excluding carboxylic acids is 1. The van der Waals surface area contributed by atoms with Crippen molar-refractivity contribution in [3.05, 3.63) is 0 Å². The van der Waals surface area contributed by atoms with Gasteiger partial charge in [-0.05, 0) is 18.6 Å². The molecule has 0 bridgehead atoms. The molecule has 0 saturated carbocycles. The lowest BCUT2D eigenvalue weighted by atomic mass is 10.1. The summed E-state index contributed by atoms with van der Waals surface area (Å²) in [6.45, 7) is 5.17. The molecule has 1 amide bonds. The fourth-order valence-corrected chi connectivity index (χ4v) is 2.18. The van der Waals surface area contributed by atoms with Gasteiger partial charge in [0.1, 0.15) is 0 Å². The molecular weight excluding hydrogens is 214 g/mol. The molecule has 14 heavy (non-hydrogen) atoms. The van der Waals surface area contributed by atoms with Crippen LogP contribution in [0.15, 0.2) is 0 Å². The highest BCUT2D eigenvalue weighted by atomic mass is 33.1. The van der Waals surface area contributed by atoms with Crippen molar-refractivity contribution in [2.24, 2.45) is 5.92 Å². The molecule has 0 rings (SSSR count). The van der Waals surface area contributed by atoms with Gasteiger partial charge in [0.2, 0.25) is 5.91 Å². The molecule has 0 atom stereocenters. The standard InChI is InChI=1S/C10H21NOS2/c1-9(2)5-4-6-10(12)11-7-8-14-13-3/h9H,4-8H2,1-3H3,(H,11,12). The van der Waals surface area contributed by atoms with Crippen LogP contribution in [0.3, 0.4) is 0 Å². The maximum Gasteiger partial charge on any atom is 0.220 e. The summed E-state index contributed by atoms with van der Waals surface area (Å²) in [7, 11) is 3.52. The molecule has 84 valence electrons. The molecule has 0 aromatic heterocycles. The van der Waals surface area contributed by atoms with Gasteiger partial charge >= 0.3 is 0 Å². The normalized spacial score (nSPS) is 10.6. The van der Waals surface area contributed by atoms with Gasteiger partial charge in [-0.3, -0.25) is 4.79 Å². The molecule has 0 radical (unpaired) electrons. The third kappa shape index (κ3) is 10.3. The molecule has 0 fully saturated rings. The van der Waals surface area contributed by atoms with Crippen LogP contribution in [0.1, 0.15) is 33.1 Å². The molecule has 2 nitrogen and oxygen atoms in total. The molecule has 0 aromatic carbocycles. The van der Waals surface area contributed by atoms with E-state index in [1.165, 1.54) is 0 Å². The predicted molar refractivity (Wildman–Crippen MR) is 67.7 cm³/mol. The summed E-state index contributed by atoms with van der Waals surface area (Å²) in [6.07, 6.45) is 4.89. The number of nitrogens with one attached hydrogen (secondary N) is 1. The Hall–Kier alpha value is 0.170. The van der Waals surface area contributed by atoms with Gasteiger partial charge in [-0.15, -0.1) is 0 Å². The van der Waals surface area contributed by atoms with Crippen LogP contribution in [-0.4, -0.2) is 24.5 Å². The molecule has 0 heterocycles. The summed E-state index contributed by atoms with van der Waals surface area (Å²) < 4.78 is 0. The Morgan fingerprint density at radius 3 is 2.71 bits per heavy atom. The molecule has 0 aliphatic heterocycles. The third-order valence-electron chi connectivity index (χ3n) is 1.81. The van der Waals surface area contributed by atoms with Crippen LogP contribution in [0, 0.1) is 5.92 Å². The van der Waals surface area contributed by atoms with Crippen LogP contribution in [0.25, 0.3) is 0 Å². The average Bonchev–Trinajstić information content (AvgIpc) is 2.12. The van der Waals surface area contributed by atoms with Crippen molar-refractivity contribution in [1.29, 1.82) is 0 Å². The van der Waals surface area contributed by atoms with E-state index in [4.69, 9.17) is 0 Å². The second kappa shape index (κ2) is 9.71. The van der Waals surface area contributed by atoms with Gasteiger partial charge in [-0.1, -0.05) is 41.9 Å². The molecular formula is C10H21NOS2. The van der Waals surface area contributed by atoms with Crippen molar-refractivity contribution in [3.63, 3.8) is 0 Å². The van der Waals surface area contributed by atoms with Gasteiger partial charge < -0.3 is 5.32 Å². The zero-order chi connectivity index (χ0) is 10.8. The zero-order valence-corrected chi connectivity index (χ0v) is 11.0. The molecule has 0 saturated heterocycles. The summed E-state index contributed by atoms with van der Waals surface area (Å²) in [5, 5.41) is 2.92. The number of rotatable bonds is 8. The highest BCUT2D eigenvalue weighted by molar-refractivity contribution is 8.76. The van der Waals surface area contributed by atoms with Crippen molar-refractivity contribution in [2.75, 3.05) is 18.6 Å².